The highest BCUT2D eigenvalue weighted by molar-refractivity contribution is 7.89. The van der Waals surface area contributed by atoms with Gasteiger partial charge in [-0.3, -0.25) is 5.10 Å². The highest BCUT2D eigenvalue weighted by Gasteiger charge is 2.27. The average Bonchev–Trinajstić information content (AvgIpc) is 3.05. The number of aryl methyl sites for hydroxylation is 1. The van der Waals surface area contributed by atoms with Gasteiger partial charge in [0.05, 0.1) is 17.4 Å². The van der Waals surface area contributed by atoms with Crippen LogP contribution in [-0.2, 0) is 16.6 Å². The molecular weight excluding hydrogens is 298 g/mol. The smallest absolute Gasteiger partial charge is 0.244 e. The quantitative estimate of drug-likeness (QED) is 0.737. The molecule has 0 aliphatic carbocycles. The topological polar surface area (TPSA) is 114 Å². The van der Waals surface area contributed by atoms with E-state index < -0.39 is 10.0 Å². The van der Waals surface area contributed by atoms with E-state index in [2.05, 4.69) is 19.9 Å². The second-order valence-corrected chi connectivity index (χ2v) is 6.86. The molecule has 2 heterocycles. The highest BCUT2D eigenvalue weighted by Crippen LogP contribution is 2.24. The standard InChI is InChI=1S/C11H17N5O2S2/c1-3-8(11-13-4-5-19-11)16-20(17,18)10-7(2)14-15-9(10)6-12/h4-5,8,16H,3,6,12H2,1-2H3,(H,14,15). The first-order valence-corrected chi connectivity index (χ1v) is 8.51. The van der Waals surface area contributed by atoms with Crippen molar-refractivity contribution in [3.05, 3.63) is 28.0 Å². The molecule has 0 bridgehead atoms. The van der Waals surface area contributed by atoms with Crippen molar-refractivity contribution in [2.24, 2.45) is 5.73 Å². The highest BCUT2D eigenvalue weighted by atomic mass is 32.2. The number of nitrogens with two attached hydrogens (primary N) is 1. The summed E-state index contributed by atoms with van der Waals surface area (Å²) in [5.41, 5.74) is 6.35. The molecule has 1 atom stereocenters. The molecule has 4 N–H and O–H groups in total. The van der Waals surface area contributed by atoms with Gasteiger partial charge in [-0.1, -0.05) is 6.92 Å². The molecule has 0 amide bonds. The summed E-state index contributed by atoms with van der Waals surface area (Å²) in [6.45, 7) is 3.63. The fourth-order valence-corrected chi connectivity index (χ4v) is 4.43. The summed E-state index contributed by atoms with van der Waals surface area (Å²) in [6, 6.07) is -0.347. The zero-order chi connectivity index (χ0) is 14.8. The van der Waals surface area contributed by atoms with Gasteiger partial charge < -0.3 is 5.73 Å². The summed E-state index contributed by atoms with van der Waals surface area (Å²) in [5.74, 6) is 0. The first kappa shape index (κ1) is 15.1. The van der Waals surface area contributed by atoms with Gasteiger partial charge in [0.25, 0.3) is 0 Å². The van der Waals surface area contributed by atoms with E-state index in [9.17, 15) is 8.42 Å². The van der Waals surface area contributed by atoms with Crippen molar-refractivity contribution in [2.75, 3.05) is 0 Å². The van der Waals surface area contributed by atoms with Crippen LogP contribution < -0.4 is 10.5 Å². The van der Waals surface area contributed by atoms with Crippen LogP contribution in [0.1, 0.15) is 35.8 Å². The Morgan fingerprint density at radius 3 is 2.85 bits per heavy atom. The third-order valence-electron chi connectivity index (χ3n) is 2.88. The third-order valence-corrected chi connectivity index (χ3v) is 5.44. The number of aromatic amines is 1. The molecule has 20 heavy (non-hydrogen) atoms. The molecule has 0 saturated carbocycles. The van der Waals surface area contributed by atoms with Crippen LogP contribution in [0.3, 0.4) is 0 Å². The minimum Gasteiger partial charge on any atom is -0.325 e. The zero-order valence-electron chi connectivity index (χ0n) is 11.3. The minimum absolute atomic E-state index is 0.0641. The monoisotopic (exact) mass is 315 g/mol. The molecule has 7 nitrogen and oxygen atoms in total. The van der Waals surface area contributed by atoms with E-state index in [1.54, 1.807) is 13.1 Å². The lowest BCUT2D eigenvalue weighted by Gasteiger charge is -2.15. The molecule has 2 aromatic heterocycles. The van der Waals surface area contributed by atoms with E-state index in [0.717, 1.165) is 5.01 Å². The predicted octanol–water partition coefficient (Wildman–Crippen LogP) is 1.06. The van der Waals surface area contributed by atoms with Crippen molar-refractivity contribution < 1.29 is 8.42 Å². The van der Waals surface area contributed by atoms with Gasteiger partial charge in [0.1, 0.15) is 9.90 Å². The maximum atomic E-state index is 12.5. The molecule has 2 aromatic rings. The van der Waals surface area contributed by atoms with Crippen molar-refractivity contribution in [1.82, 2.24) is 19.9 Å². The van der Waals surface area contributed by atoms with E-state index in [0.29, 0.717) is 17.8 Å². The SMILES string of the molecule is CCC(NS(=O)(=O)c1c(CN)n[nH]c1C)c1nccs1. The summed E-state index contributed by atoms with van der Waals surface area (Å²) in [4.78, 5) is 4.30. The van der Waals surface area contributed by atoms with Crippen molar-refractivity contribution >= 4 is 21.4 Å². The Morgan fingerprint density at radius 2 is 2.30 bits per heavy atom. The number of nitrogens with zero attached hydrogens (tertiary/aromatic N) is 2. The molecule has 0 aliphatic heterocycles. The van der Waals surface area contributed by atoms with Gasteiger partial charge >= 0.3 is 0 Å². The molecule has 2 rings (SSSR count). The largest absolute Gasteiger partial charge is 0.325 e. The van der Waals surface area contributed by atoms with Crippen LogP contribution in [0.15, 0.2) is 16.5 Å². The molecular formula is C11H17N5O2S2. The van der Waals surface area contributed by atoms with Crippen LogP contribution in [0.4, 0.5) is 0 Å². The first-order chi connectivity index (χ1) is 9.49. The molecule has 110 valence electrons. The Labute approximate surface area is 121 Å². The van der Waals surface area contributed by atoms with Crippen molar-refractivity contribution in [3.8, 4) is 0 Å². The predicted molar refractivity (Wildman–Crippen MR) is 76.7 cm³/mol. The molecule has 0 spiro atoms. The van der Waals surface area contributed by atoms with Gasteiger partial charge in [-0.2, -0.15) is 5.10 Å². The number of hydrogen-bond acceptors (Lipinski definition) is 6. The fourth-order valence-electron chi connectivity index (χ4n) is 1.93. The summed E-state index contributed by atoms with van der Waals surface area (Å²) >= 11 is 1.42. The number of hydrogen-bond donors (Lipinski definition) is 3. The van der Waals surface area contributed by atoms with E-state index in [1.165, 1.54) is 11.3 Å². The molecule has 0 fully saturated rings. The first-order valence-electron chi connectivity index (χ1n) is 6.15. The lowest BCUT2D eigenvalue weighted by Crippen LogP contribution is -2.29. The summed E-state index contributed by atoms with van der Waals surface area (Å²) in [6.07, 6.45) is 2.27. The van der Waals surface area contributed by atoms with Gasteiger partial charge in [-0.15, -0.1) is 11.3 Å². The fraction of sp³-hybridized carbons (Fsp3) is 0.455. The number of sulfonamides is 1. The van der Waals surface area contributed by atoms with Crippen LogP contribution in [0.5, 0.6) is 0 Å². The Bertz CT molecular complexity index is 663. The van der Waals surface area contributed by atoms with Gasteiger partial charge in [0, 0.05) is 18.1 Å². The number of H-pyrrole nitrogens is 1. The Hall–Kier alpha value is -1.29. The molecule has 0 aliphatic rings. The second kappa shape index (κ2) is 6.00. The van der Waals surface area contributed by atoms with Crippen LogP contribution >= 0.6 is 11.3 Å². The Kier molecular flexibility index (Phi) is 4.53. The van der Waals surface area contributed by atoms with Crippen molar-refractivity contribution in [3.63, 3.8) is 0 Å². The van der Waals surface area contributed by atoms with Crippen molar-refractivity contribution in [1.29, 1.82) is 0 Å². The lowest BCUT2D eigenvalue weighted by molar-refractivity contribution is 0.547. The summed E-state index contributed by atoms with van der Waals surface area (Å²) < 4.78 is 27.7. The minimum atomic E-state index is -3.68. The maximum absolute atomic E-state index is 12.5. The third kappa shape index (κ3) is 2.90. The molecule has 0 aromatic carbocycles. The van der Waals surface area contributed by atoms with Crippen LogP contribution in [-0.4, -0.2) is 23.6 Å². The Balaban J connectivity index is 2.33. The van der Waals surface area contributed by atoms with Crippen molar-refractivity contribution in [2.45, 2.75) is 37.8 Å². The lowest BCUT2D eigenvalue weighted by atomic mass is 10.3. The average molecular weight is 315 g/mol. The van der Waals surface area contributed by atoms with E-state index in [4.69, 9.17) is 5.73 Å². The zero-order valence-corrected chi connectivity index (χ0v) is 12.9. The van der Waals surface area contributed by atoms with Crippen LogP contribution in [0, 0.1) is 6.92 Å². The number of nitrogens with one attached hydrogen (secondary N) is 2. The number of thiazole rings is 1. The van der Waals surface area contributed by atoms with Gasteiger partial charge in [-0.05, 0) is 13.3 Å². The normalized spacial score (nSPS) is 13.6. The molecule has 0 saturated heterocycles. The van der Waals surface area contributed by atoms with Crippen LogP contribution in [0.2, 0.25) is 0 Å². The summed E-state index contributed by atoms with van der Waals surface area (Å²) in [5, 5.41) is 9.13. The Morgan fingerprint density at radius 1 is 1.55 bits per heavy atom. The molecule has 0 radical (unpaired) electrons. The van der Waals surface area contributed by atoms with Crippen LogP contribution in [0.25, 0.3) is 0 Å². The second-order valence-electron chi connectivity index (χ2n) is 4.28. The van der Waals surface area contributed by atoms with E-state index in [1.807, 2.05) is 12.3 Å². The van der Waals surface area contributed by atoms with Gasteiger partial charge in [0.2, 0.25) is 10.0 Å². The maximum Gasteiger partial charge on any atom is 0.244 e. The number of aromatic nitrogens is 3. The number of rotatable bonds is 6. The van der Waals surface area contributed by atoms with Gasteiger partial charge in [0.15, 0.2) is 0 Å². The van der Waals surface area contributed by atoms with Gasteiger partial charge in [-0.25, -0.2) is 18.1 Å². The summed E-state index contributed by atoms with van der Waals surface area (Å²) in [7, 11) is -3.68. The van der Waals surface area contributed by atoms with E-state index in [-0.39, 0.29) is 17.5 Å². The van der Waals surface area contributed by atoms with E-state index >= 15 is 0 Å². The molecule has 9 heteroatoms. The molecule has 1 unspecified atom stereocenters.